The van der Waals surface area contributed by atoms with Crippen LogP contribution in [0.3, 0.4) is 0 Å². The topological polar surface area (TPSA) is 83.5 Å². The van der Waals surface area contributed by atoms with Gasteiger partial charge < -0.3 is 10.4 Å². The van der Waals surface area contributed by atoms with E-state index in [1.807, 2.05) is 18.2 Å². The van der Waals surface area contributed by atoms with Crippen LogP contribution in [0.2, 0.25) is 0 Å². The Bertz CT molecular complexity index is 611. The summed E-state index contributed by atoms with van der Waals surface area (Å²) in [5, 5.41) is 10.9. The average molecular weight is 299 g/mol. The fourth-order valence-corrected chi connectivity index (χ4v) is 1.46. The van der Waals surface area contributed by atoms with Crippen molar-refractivity contribution in [2.75, 3.05) is 0 Å². The lowest BCUT2D eigenvalue weighted by Crippen LogP contribution is -2.38. The maximum Gasteiger partial charge on any atom is 0.325 e. The van der Waals surface area contributed by atoms with Gasteiger partial charge in [-0.3, -0.25) is 14.4 Å². The molecule has 0 aliphatic carbocycles. The molecule has 5 nitrogen and oxygen atoms in total. The van der Waals surface area contributed by atoms with Crippen LogP contribution in [0.1, 0.15) is 27.6 Å². The summed E-state index contributed by atoms with van der Waals surface area (Å²) in [4.78, 5) is 31.8. The number of hydrogen-bond donors (Lipinski definition) is 2. The summed E-state index contributed by atoms with van der Waals surface area (Å²) in [6, 6.07) is 16.7. The van der Waals surface area contributed by atoms with E-state index >= 15 is 0 Å². The molecule has 0 spiro atoms. The van der Waals surface area contributed by atoms with Gasteiger partial charge in [-0.15, -0.1) is 0 Å². The number of aliphatic carboxylic acids is 1. The second-order valence-electron chi connectivity index (χ2n) is 4.43. The fourth-order valence-electron chi connectivity index (χ4n) is 1.46. The maximum absolute atomic E-state index is 11.4. The minimum atomic E-state index is -1.05. The molecule has 5 heteroatoms. The van der Waals surface area contributed by atoms with Gasteiger partial charge in [0, 0.05) is 11.1 Å². The molecule has 0 saturated heterocycles. The van der Waals surface area contributed by atoms with Crippen molar-refractivity contribution < 1.29 is 19.5 Å². The Morgan fingerprint density at radius 3 is 1.91 bits per heavy atom. The normalized spacial score (nSPS) is 10.6. The first-order valence-corrected chi connectivity index (χ1v) is 6.63. The van der Waals surface area contributed by atoms with E-state index in [0.29, 0.717) is 5.56 Å². The van der Waals surface area contributed by atoms with E-state index in [9.17, 15) is 14.4 Å². The monoisotopic (exact) mass is 299 g/mol. The molecule has 22 heavy (non-hydrogen) atoms. The van der Waals surface area contributed by atoms with Crippen molar-refractivity contribution in [1.29, 1.82) is 0 Å². The van der Waals surface area contributed by atoms with E-state index in [1.54, 1.807) is 42.5 Å². The lowest BCUT2D eigenvalue weighted by atomic mass is 10.2. The minimum Gasteiger partial charge on any atom is -0.480 e. The Morgan fingerprint density at radius 1 is 1.00 bits per heavy atom. The minimum absolute atomic E-state index is 0.375. The Labute approximate surface area is 128 Å². The summed E-state index contributed by atoms with van der Waals surface area (Å²) in [6.07, 6.45) is 0.833. The van der Waals surface area contributed by atoms with Gasteiger partial charge in [0.2, 0.25) is 0 Å². The predicted molar refractivity (Wildman–Crippen MR) is 82.8 cm³/mol. The zero-order valence-corrected chi connectivity index (χ0v) is 12.1. The number of carboxylic acid groups (broad SMARTS) is 1. The molecule has 2 rings (SSSR count). The van der Waals surface area contributed by atoms with Crippen LogP contribution in [0.4, 0.5) is 0 Å². The highest BCUT2D eigenvalue weighted by Gasteiger charge is 2.14. The van der Waals surface area contributed by atoms with Gasteiger partial charge in [0.05, 0.1) is 0 Å². The summed E-state index contributed by atoms with van der Waals surface area (Å²) in [5.41, 5.74) is 1.19. The first-order chi connectivity index (χ1) is 10.5. The molecule has 1 amide bonds. The maximum atomic E-state index is 11.4. The van der Waals surface area contributed by atoms with Crippen molar-refractivity contribution in [1.82, 2.24) is 5.32 Å². The van der Waals surface area contributed by atoms with E-state index in [2.05, 4.69) is 5.32 Å². The third-order valence-corrected chi connectivity index (χ3v) is 2.69. The Hall–Kier alpha value is -2.95. The van der Waals surface area contributed by atoms with Gasteiger partial charge in [0.1, 0.15) is 12.3 Å². The molecular formula is C17H17NO4. The fraction of sp³-hybridized carbons (Fsp3) is 0.118. The van der Waals surface area contributed by atoms with E-state index in [-0.39, 0.29) is 5.91 Å². The quantitative estimate of drug-likeness (QED) is 0.849. The number of hydrogen-bond acceptors (Lipinski definition) is 3. The van der Waals surface area contributed by atoms with Gasteiger partial charge in [-0.05, 0) is 19.1 Å². The highest BCUT2D eigenvalue weighted by molar-refractivity contribution is 5.96. The van der Waals surface area contributed by atoms with Gasteiger partial charge in [0.25, 0.3) is 5.91 Å². The number of nitrogens with one attached hydrogen (secondary N) is 1. The van der Waals surface area contributed by atoms with Crippen LogP contribution in [0.25, 0.3) is 0 Å². The summed E-state index contributed by atoms with van der Waals surface area (Å²) in [7, 11) is 0. The summed E-state index contributed by atoms with van der Waals surface area (Å²) < 4.78 is 0. The molecule has 0 heterocycles. The van der Waals surface area contributed by atoms with E-state index in [0.717, 1.165) is 11.8 Å². The Kier molecular flexibility index (Phi) is 7.05. The van der Waals surface area contributed by atoms with E-state index in [1.165, 1.54) is 6.92 Å². The van der Waals surface area contributed by atoms with Crippen LogP contribution < -0.4 is 5.32 Å². The smallest absolute Gasteiger partial charge is 0.325 e. The summed E-state index contributed by atoms with van der Waals surface area (Å²) in [6.45, 7) is 1.42. The highest BCUT2D eigenvalue weighted by atomic mass is 16.4. The van der Waals surface area contributed by atoms with Gasteiger partial charge in [-0.25, -0.2) is 0 Å². The molecule has 0 fully saturated rings. The SMILES string of the molecule is C[C@H](NC(=O)c1ccccc1)C(=O)O.O=Cc1ccccc1. The number of amides is 1. The number of carbonyl (C=O) groups excluding carboxylic acids is 2. The molecule has 1 atom stereocenters. The van der Waals surface area contributed by atoms with Gasteiger partial charge >= 0.3 is 5.97 Å². The molecule has 0 saturated carbocycles. The van der Waals surface area contributed by atoms with Crippen molar-refractivity contribution in [2.24, 2.45) is 0 Å². The van der Waals surface area contributed by atoms with Gasteiger partial charge in [-0.2, -0.15) is 0 Å². The zero-order valence-electron chi connectivity index (χ0n) is 12.1. The van der Waals surface area contributed by atoms with Crippen molar-refractivity contribution in [2.45, 2.75) is 13.0 Å². The molecule has 2 aromatic rings. The van der Waals surface area contributed by atoms with Crippen molar-refractivity contribution in [3.05, 3.63) is 71.8 Å². The molecule has 0 bridgehead atoms. The van der Waals surface area contributed by atoms with Crippen LogP contribution in [0.5, 0.6) is 0 Å². The lowest BCUT2D eigenvalue weighted by molar-refractivity contribution is -0.138. The highest BCUT2D eigenvalue weighted by Crippen LogP contribution is 1.98. The molecular weight excluding hydrogens is 282 g/mol. The molecule has 2 aromatic carbocycles. The second-order valence-corrected chi connectivity index (χ2v) is 4.43. The molecule has 114 valence electrons. The van der Waals surface area contributed by atoms with Crippen LogP contribution in [-0.2, 0) is 4.79 Å². The average Bonchev–Trinajstić information content (AvgIpc) is 2.56. The molecule has 0 aliphatic rings. The molecule has 0 aromatic heterocycles. The van der Waals surface area contributed by atoms with Crippen LogP contribution in [0.15, 0.2) is 60.7 Å². The number of carbonyl (C=O) groups is 3. The third kappa shape index (κ3) is 6.00. The Morgan fingerprint density at radius 2 is 1.50 bits per heavy atom. The number of aldehydes is 1. The van der Waals surface area contributed by atoms with E-state index < -0.39 is 12.0 Å². The third-order valence-electron chi connectivity index (χ3n) is 2.69. The Balaban J connectivity index is 0.000000255. The molecule has 0 radical (unpaired) electrons. The van der Waals surface area contributed by atoms with Crippen molar-refractivity contribution in [3.8, 4) is 0 Å². The largest absolute Gasteiger partial charge is 0.480 e. The van der Waals surface area contributed by atoms with Crippen LogP contribution >= 0.6 is 0 Å². The molecule has 0 aliphatic heterocycles. The molecule has 0 unspecified atom stereocenters. The number of rotatable bonds is 4. The van der Waals surface area contributed by atoms with Gasteiger partial charge in [0.15, 0.2) is 0 Å². The zero-order chi connectivity index (χ0) is 16.4. The van der Waals surface area contributed by atoms with Crippen molar-refractivity contribution >= 4 is 18.2 Å². The predicted octanol–water partition coefficient (Wildman–Crippen LogP) is 2.39. The standard InChI is InChI=1S/C10H11NO3.C7H6O/c1-7(10(13)14)11-9(12)8-5-3-2-4-6-8;8-6-7-4-2-1-3-5-7/h2-7H,1H3,(H,11,12)(H,13,14);1-6H/t7-;/m0./s1. The molecule has 2 N–H and O–H groups in total. The van der Waals surface area contributed by atoms with Crippen LogP contribution in [-0.4, -0.2) is 29.3 Å². The number of benzene rings is 2. The van der Waals surface area contributed by atoms with E-state index in [4.69, 9.17) is 5.11 Å². The first-order valence-electron chi connectivity index (χ1n) is 6.63. The summed E-state index contributed by atoms with van der Waals surface area (Å²) >= 11 is 0. The number of carboxylic acids is 1. The second kappa shape index (κ2) is 9.07. The van der Waals surface area contributed by atoms with Crippen molar-refractivity contribution in [3.63, 3.8) is 0 Å². The first kappa shape index (κ1) is 17.1. The van der Waals surface area contributed by atoms with Crippen LogP contribution in [0, 0.1) is 0 Å². The lowest BCUT2D eigenvalue weighted by Gasteiger charge is -2.08. The summed E-state index contributed by atoms with van der Waals surface area (Å²) in [5.74, 6) is -1.42. The van der Waals surface area contributed by atoms with Gasteiger partial charge in [-0.1, -0.05) is 48.5 Å².